The Morgan fingerprint density at radius 2 is 1.21 bits per heavy atom. The highest BCUT2D eigenvalue weighted by Gasteiger charge is 2.24. The summed E-state index contributed by atoms with van der Waals surface area (Å²) in [6.07, 6.45) is 0. The minimum absolute atomic E-state index is 0.729. The number of ether oxygens (including phenoxy) is 2. The van der Waals surface area contributed by atoms with Gasteiger partial charge in [0.1, 0.15) is 0 Å². The number of nitrogens with zero attached hydrogens (tertiary/aromatic N) is 1. The molecule has 4 aromatic rings. The van der Waals surface area contributed by atoms with Crippen molar-refractivity contribution in [3.05, 3.63) is 83.6 Å². The fraction of sp³-hybridized carbons (Fsp3) is 0.192. The fourth-order valence-corrected chi connectivity index (χ4v) is 3.83. The van der Waals surface area contributed by atoms with Crippen molar-refractivity contribution in [3.63, 3.8) is 0 Å². The third-order valence-electron chi connectivity index (χ3n) is 5.37. The first-order valence-electron chi connectivity index (χ1n) is 9.77. The standard InChI is InChI=1S/C26H26NO2/c1-17-6-10-20(11-7-17)26-23-16-25(29-5)24(28-4)15-21(23)14-19(3)27(26)22-12-8-18(2)9-13-22/h6-16H,1-5H3/q+1. The molecule has 0 fully saturated rings. The monoisotopic (exact) mass is 384 g/mol. The van der Waals surface area contributed by atoms with Crippen LogP contribution in [-0.2, 0) is 0 Å². The molecule has 3 heteroatoms. The van der Waals surface area contributed by atoms with Crippen molar-refractivity contribution in [2.45, 2.75) is 20.8 Å². The van der Waals surface area contributed by atoms with E-state index in [1.54, 1.807) is 14.2 Å². The number of aromatic nitrogens is 1. The first-order valence-corrected chi connectivity index (χ1v) is 9.77. The number of benzene rings is 3. The van der Waals surface area contributed by atoms with E-state index >= 15 is 0 Å². The number of methoxy groups -OCH3 is 2. The summed E-state index contributed by atoms with van der Waals surface area (Å²) in [4.78, 5) is 0. The Kier molecular flexibility index (Phi) is 4.98. The zero-order valence-electron chi connectivity index (χ0n) is 17.6. The van der Waals surface area contributed by atoms with Crippen molar-refractivity contribution in [1.29, 1.82) is 0 Å². The molecule has 0 aliphatic heterocycles. The lowest BCUT2D eigenvalue weighted by molar-refractivity contribution is -0.589. The molecular formula is C26H26NO2+. The minimum Gasteiger partial charge on any atom is -0.493 e. The van der Waals surface area contributed by atoms with Crippen LogP contribution in [0.4, 0.5) is 0 Å². The second-order valence-corrected chi connectivity index (χ2v) is 7.47. The van der Waals surface area contributed by atoms with Crippen LogP contribution in [0.25, 0.3) is 27.7 Å². The molecule has 4 rings (SSSR count). The van der Waals surface area contributed by atoms with Gasteiger partial charge in [-0.15, -0.1) is 0 Å². The molecule has 0 bridgehead atoms. The summed E-state index contributed by atoms with van der Waals surface area (Å²) < 4.78 is 13.5. The van der Waals surface area contributed by atoms with E-state index in [0.29, 0.717) is 0 Å². The summed E-state index contributed by atoms with van der Waals surface area (Å²) in [5.74, 6) is 1.47. The molecule has 1 heterocycles. The minimum atomic E-state index is 0.729. The summed E-state index contributed by atoms with van der Waals surface area (Å²) in [5, 5.41) is 2.25. The lowest BCUT2D eigenvalue weighted by atomic mass is 10.00. The molecule has 3 nitrogen and oxygen atoms in total. The van der Waals surface area contributed by atoms with Gasteiger partial charge in [-0.2, -0.15) is 4.57 Å². The number of hydrogen-bond donors (Lipinski definition) is 0. The van der Waals surface area contributed by atoms with E-state index in [0.717, 1.165) is 44.9 Å². The van der Waals surface area contributed by atoms with E-state index in [1.165, 1.54) is 11.1 Å². The van der Waals surface area contributed by atoms with Crippen molar-refractivity contribution in [2.75, 3.05) is 14.2 Å². The summed E-state index contributed by atoms with van der Waals surface area (Å²) in [7, 11) is 3.35. The van der Waals surface area contributed by atoms with Gasteiger partial charge in [0, 0.05) is 30.7 Å². The average molecular weight is 384 g/mol. The second kappa shape index (κ2) is 7.59. The molecule has 0 saturated carbocycles. The normalized spacial score (nSPS) is 10.9. The highest BCUT2D eigenvalue weighted by Crippen LogP contribution is 2.36. The summed E-state index contributed by atoms with van der Waals surface area (Å²) >= 11 is 0. The Balaban J connectivity index is 2.13. The smallest absolute Gasteiger partial charge is 0.226 e. The second-order valence-electron chi connectivity index (χ2n) is 7.47. The van der Waals surface area contributed by atoms with Gasteiger partial charge in [0.2, 0.25) is 11.4 Å². The summed E-state index contributed by atoms with van der Waals surface area (Å²) in [6.45, 7) is 6.37. The number of rotatable bonds is 4. The molecule has 0 unspecified atom stereocenters. The van der Waals surface area contributed by atoms with Gasteiger partial charge in [-0.3, -0.25) is 0 Å². The Labute approximate surface area is 172 Å². The molecule has 3 aromatic carbocycles. The summed E-state index contributed by atoms with van der Waals surface area (Å²) in [5.41, 5.74) is 7.09. The van der Waals surface area contributed by atoms with E-state index in [1.807, 2.05) is 0 Å². The van der Waals surface area contributed by atoms with Crippen molar-refractivity contribution >= 4 is 10.8 Å². The Bertz CT molecular complexity index is 1180. The van der Waals surface area contributed by atoms with E-state index in [-0.39, 0.29) is 0 Å². The van der Waals surface area contributed by atoms with Crippen LogP contribution in [0, 0.1) is 20.8 Å². The van der Waals surface area contributed by atoms with Crippen LogP contribution in [-0.4, -0.2) is 14.2 Å². The maximum absolute atomic E-state index is 5.61. The number of pyridine rings is 1. The van der Waals surface area contributed by atoms with E-state index in [4.69, 9.17) is 9.47 Å². The maximum atomic E-state index is 5.61. The van der Waals surface area contributed by atoms with E-state index < -0.39 is 0 Å². The van der Waals surface area contributed by atoms with Gasteiger partial charge in [-0.25, -0.2) is 0 Å². The molecule has 0 radical (unpaired) electrons. The number of aryl methyl sites for hydroxylation is 3. The highest BCUT2D eigenvalue weighted by molar-refractivity contribution is 5.95. The van der Waals surface area contributed by atoms with Gasteiger partial charge < -0.3 is 9.47 Å². The topological polar surface area (TPSA) is 22.3 Å². The number of fused-ring (bicyclic) bond motifs is 1. The third-order valence-corrected chi connectivity index (χ3v) is 5.37. The zero-order valence-corrected chi connectivity index (χ0v) is 17.6. The fourth-order valence-electron chi connectivity index (χ4n) is 3.83. The predicted molar refractivity (Wildman–Crippen MR) is 118 cm³/mol. The molecule has 0 saturated heterocycles. The first kappa shape index (κ1) is 19.0. The van der Waals surface area contributed by atoms with Crippen LogP contribution < -0.4 is 14.0 Å². The van der Waals surface area contributed by atoms with Gasteiger partial charge in [0.05, 0.1) is 19.6 Å². The van der Waals surface area contributed by atoms with Crippen LogP contribution in [0.15, 0.2) is 66.7 Å². The van der Waals surface area contributed by atoms with Gasteiger partial charge in [0.15, 0.2) is 17.2 Å². The van der Waals surface area contributed by atoms with E-state index in [2.05, 4.69) is 92.1 Å². The van der Waals surface area contributed by atoms with Crippen LogP contribution in [0.3, 0.4) is 0 Å². The molecule has 0 aliphatic carbocycles. The van der Waals surface area contributed by atoms with Gasteiger partial charge >= 0.3 is 0 Å². The molecule has 0 aliphatic rings. The molecule has 0 amide bonds. The van der Waals surface area contributed by atoms with Crippen molar-refractivity contribution in [2.24, 2.45) is 0 Å². The third kappa shape index (κ3) is 3.44. The predicted octanol–water partition coefficient (Wildman–Crippen LogP) is 5.73. The molecule has 146 valence electrons. The van der Waals surface area contributed by atoms with Crippen LogP contribution >= 0.6 is 0 Å². The van der Waals surface area contributed by atoms with Crippen molar-refractivity contribution in [3.8, 4) is 28.4 Å². The average Bonchev–Trinajstić information content (AvgIpc) is 2.73. The van der Waals surface area contributed by atoms with Gasteiger partial charge in [-0.05, 0) is 43.5 Å². The van der Waals surface area contributed by atoms with Crippen LogP contribution in [0.5, 0.6) is 11.5 Å². The first-order chi connectivity index (χ1) is 14.0. The maximum Gasteiger partial charge on any atom is 0.226 e. The van der Waals surface area contributed by atoms with Crippen LogP contribution in [0.2, 0.25) is 0 Å². The Morgan fingerprint density at radius 3 is 1.79 bits per heavy atom. The lowest BCUT2D eigenvalue weighted by Gasteiger charge is -2.14. The Morgan fingerprint density at radius 1 is 0.655 bits per heavy atom. The summed E-state index contributed by atoms with van der Waals surface area (Å²) in [6, 6.07) is 23.7. The molecule has 0 spiro atoms. The van der Waals surface area contributed by atoms with Crippen molar-refractivity contribution < 1.29 is 14.0 Å². The van der Waals surface area contributed by atoms with Crippen molar-refractivity contribution in [1.82, 2.24) is 0 Å². The molecule has 0 N–H and O–H groups in total. The molecule has 29 heavy (non-hydrogen) atoms. The Hall–Kier alpha value is -3.33. The number of hydrogen-bond acceptors (Lipinski definition) is 2. The quantitative estimate of drug-likeness (QED) is 0.420. The van der Waals surface area contributed by atoms with Crippen LogP contribution in [0.1, 0.15) is 16.8 Å². The zero-order chi connectivity index (χ0) is 20.5. The van der Waals surface area contributed by atoms with Gasteiger partial charge in [-0.1, -0.05) is 35.4 Å². The largest absolute Gasteiger partial charge is 0.493 e. The SMILES string of the molecule is COc1cc2cc(C)[n+](-c3ccc(C)cc3)c(-c3ccc(C)cc3)c2cc1OC. The lowest BCUT2D eigenvalue weighted by Crippen LogP contribution is -2.37. The van der Waals surface area contributed by atoms with Gasteiger partial charge in [0.25, 0.3) is 0 Å². The molecule has 1 aromatic heterocycles. The van der Waals surface area contributed by atoms with E-state index in [9.17, 15) is 0 Å². The molecular weight excluding hydrogens is 358 g/mol. The highest BCUT2D eigenvalue weighted by atomic mass is 16.5. The molecule has 0 atom stereocenters.